The Kier molecular flexibility index (Phi) is 6.15. The molecule has 0 bridgehead atoms. The van der Waals surface area contributed by atoms with Crippen molar-refractivity contribution < 1.29 is 23.5 Å². The van der Waals surface area contributed by atoms with Gasteiger partial charge in [0, 0.05) is 47.1 Å². The molecule has 1 fully saturated rings. The topological polar surface area (TPSA) is 86.4 Å². The number of nitrogens with zero attached hydrogens (tertiary/aromatic N) is 3. The molecule has 1 aliphatic heterocycles. The first-order valence-electron chi connectivity index (χ1n) is 10.9. The molecular formula is C23H25F2N4O3S+. The second kappa shape index (κ2) is 8.75. The number of hydrogen-bond donors (Lipinski definition) is 2. The number of thiazole rings is 1. The van der Waals surface area contributed by atoms with Crippen LogP contribution < -0.4 is 15.5 Å². The van der Waals surface area contributed by atoms with E-state index in [4.69, 9.17) is 0 Å². The van der Waals surface area contributed by atoms with Crippen molar-refractivity contribution in [2.24, 2.45) is 0 Å². The minimum absolute atomic E-state index is 0.0195. The summed E-state index contributed by atoms with van der Waals surface area (Å²) in [6.07, 6.45) is 2.27. The van der Waals surface area contributed by atoms with E-state index < -0.39 is 17.9 Å². The minimum atomic E-state index is -2.90. The van der Waals surface area contributed by atoms with Gasteiger partial charge in [0.05, 0.1) is 22.2 Å². The van der Waals surface area contributed by atoms with Gasteiger partial charge >= 0.3 is 0 Å². The summed E-state index contributed by atoms with van der Waals surface area (Å²) < 4.78 is 30.8. The van der Waals surface area contributed by atoms with Crippen LogP contribution in [0.15, 0.2) is 41.5 Å². The quantitative estimate of drug-likeness (QED) is 0.347. The number of amides is 1. The highest BCUT2D eigenvalue weighted by Crippen LogP contribution is 2.40. The number of carbonyl (C=O) groups excluding carboxylic acids is 1. The van der Waals surface area contributed by atoms with Crippen LogP contribution in [0.25, 0.3) is 21.0 Å². The molecule has 4 aromatic rings. The Morgan fingerprint density at radius 1 is 1.30 bits per heavy atom. The third-order valence-corrected chi connectivity index (χ3v) is 6.95. The lowest BCUT2D eigenvalue weighted by atomic mass is 9.87. The molecule has 174 valence electrons. The van der Waals surface area contributed by atoms with E-state index >= 15 is 0 Å². The Labute approximate surface area is 192 Å². The zero-order valence-corrected chi connectivity index (χ0v) is 19.3. The lowest BCUT2D eigenvalue weighted by Gasteiger charge is -2.40. The lowest BCUT2D eigenvalue weighted by molar-refractivity contribution is -0.904. The number of halogens is 2. The summed E-state index contributed by atoms with van der Waals surface area (Å²) in [4.78, 5) is 30.4. The second-order valence-electron chi connectivity index (χ2n) is 7.95. The van der Waals surface area contributed by atoms with Gasteiger partial charge in [0.1, 0.15) is 0 Å². The van der Waals surface area contributed by atoms with E-state index in [1.807, 2.05) is 13.8 Å². The summed E-state index contributed by atoms with van der Waals surface area (Å²) in [6, 6.07) is 5.79. The van der Waals surface area contributed by atoms with Crippen LogP contribution in [0.3, 0.4) is 0 Å². The number of hydrogen-bond acceptors (Lipinski definition) is 6. The van der Waals surface area contributed by atoms with Crippen LogP contribution in [0.2, 0.25) is 0 Å². The molecule has 2 unspecified atom stereocenters. The van der Waals surface area contributed by atoms with Crippen LogP contribution in [0, 0.1) is 0 Å². The fourth-order valence-electron chi connectivity index (χ4n) is 4.02. The SMILES string of the molecule is CC.CC(C(=O)Nc1nc2cc3c(=O)c3cc2s1)N1CCC(F)(F)C(c2cc[n+](O)cc2)C1. The number of rotatable bonds is 4. The predicted molar refractivity (Wildman–Crippen MR) is 123 cm³/mol. The Hall–Kier alpha value is -2.98. The number of fused-ring (bicyclic) bond motifs is 2. The maximum absolute atomic E-state index is 14.6. The summed E-state index contributed by atoms with van der Waals surface area (Å²) in [7, 11) is 0. The summed E-state index contributed by atoms with van der Waals surface area (Å²) in [6.45, 7) is 5.80. The third kappa shape index (κ3) is 4.45. The maximum atomic E-state index is 14.6. The van der Waals surface area contributed by atoms with Crippen LogP contribution in [0.1, 0.15) is 38.7 Å². The van der Waals surface area contributed by atoms with Crippen molar-refractivity contribution >= 4 is 43.4 Å². The highest BCUT2D eigenvalue weighted by Gasteiger charge is 2.46. The first kappa shape index (κ1) is 23.2. The van der Waals surface area contributed by atoms with Gasteiger partial charge in [-0.3, -0.25) is 19.7 Å². The highest BCUT2D eigenvalue weighted by atomic mass is 32.1. The Bertz CT molecular complexity index is 1260. The van der Waals surface area contributed by atoms with Crippen LogP contribution in [0.4, 0.5) is 13.9 Å². The summed E-state index contributed by atoms with van der Waals surface area (Å²) in [5.41, 5.74) is 1.10. The number of aromatic nitrogens is 2. The lowest BCUT2D eigenvalue weighted by Crippen LogP contribution is -2.52. The normalized spacial score (nSPS) is 19.4. The first-order chi connectivity index (χ1) is 15.7. The molecule has 1 amide bonds. The zero-order chi connectivity index (χ0) is 23.9. The molecule has 1 aliphatic rings. The zero-order valence-electron chi connectivity index (χ0n) is 18.5. The van der Waals surface area contributed by atoms with Crippen LogP contribution in [-0.4, -0.2) is 46.1 Å². The van der Waals surface area contributed by atoms with E-state index in [-0.39, 0.29) is 30.8 Å². The van der Waals surface area contributed by atoms with Crippen LogP contribution in [0.5, 0.6) is 0 Å². The first-order valence-corrected chi connectivity index (χ1v) is 11.7. The Morgan fingerprint density at radius 2 is 1.97 bits per heavy atom. The molecule has 33 heavy (non-hydrogen) atoms. The van der Waals surface area contributed by atoms with E-state index in [1.54, 1.807) is 24.0 Å². The number of carbonyl (C=O) groups is 1. The molecule has 10 heteroatoms. The molecule has 0 saturated carbocycles. The van der Waals surface area contributed by atoms with Gasteiger partial charge in [-0.05, 0) is 24.6 Å². The van der Waals surface area contributed by atoms with Gasteiger partial charge in [0.25, 0.3) is 5.92 Å². The molecule has 0 radical (unpaired) electrons. The van der Waals surface area contributed by atoms with E-state index in [1.165, 1.54) is 35.9 Å². The number of benzene rings is 1. The molecule has 2 aromatic heterocycles. The van der Waals surface area contributed by atoms with Crippen molar-refractivity contribution in [1.29, 1.82) is 0 Å². The van der Waals surface area contributed by atoms with Crippen molar-refractivity contribution in [2.45, 2.75) is 45.1 Å². The number of likely N-dealkylation sites (tertiary alicyclic amines) is 1. The van der Waals surface area contributed by atoms with E-state index in [0.717, 1.165) is 9.43 Å². The monoisotopic (exact) mass is 475 g/mol. The van der Waals surface area contributed by atoms with E-state index in [9.17, 15) is 23.6 Å². The average molecular weight is 476 g/mol. The van der Waals surface area contributed by atoms with Gasteiger partial charge in [-0.1, -0.05) is 25.2 Å². The smallest absolute Gasteiger partial charge is 0.257 e. The Morgan fingerprint density at radius 3 is 2.67 bits per heavy atom. The molecule has 2 aromatic carbocycles. The second-order valence-corrected chi connectivity index (χ2v) is 8.98. The molecule has 1 saturated heterocycles. The number of pyridine rings is 1. The number of piperidine rings is 1. The van der Waals surface area contributed by atoms with Crippen molar-refractivity contribution in [3.8, 4) is 0 Å². The van der Waals surface area contributed by atoms with Gasteiger partial charge in [-0.2, -0.15) is 0 Å². The summed E-state index contributed by atoms with van der Waals surface area (Å²) in [5.74, 6) is -4.30. The average Bonchev–Trinajstić information content (AvgIpc) is 3.24. The molecule has 0 spiro atoms. The summed E-state index contributed by atoms with van der Waals surface area (Å²) >= 11 is 1.28. The Balaban J connectivity index is 0.00000126. The largest absolute Gasteiger partial charge is 0.301 e. The van der Waals surface area contributed by atoms with Crippen LogP contribution >= 0.6 is 11.3 Å². The molecular weight excluding hydrogens is 450 g/mol. The van der Waals surface area contributed by atoms with Crippen LogP contribution in [-0.2, 0) is 4.79 Å². The maximum Gasteiger partial charge on any atom is 0.257 e. The molecule has 7 nitrogen and oxygen atoms in total. The molecule has 0 aliphatic carbocycles. The van der Waals surface area contributed by atoms with E-state index in [0.29, 0.717) is 27.0 Å². The van der Waals surface area contributed by atoms with Crippen molar-refractivity contribution in [3.05, 3.63) is 52.4 Å². The standard InChI is InChI=1S/C21H18F2N4O3S.C2H6/c1-11(19(29)25-20-24-16-8-13-14(18(13)28)9-17(16)31-20)26-7-4-21(22,23)15(10-26)12-2-5-27(30)6-3-12;1-2/h2-3,5-6,8-9,11,15H,4,7,10H2,1H3,(H-,24,25,28,29,30);1-2H3/p+1. The molecule has 3 heterocycles. The predicted octanol–water partition coefficient (Wildman–Crippen LogP) is 3.69. The highest BCUT2D eigenvalue weighted by molar-refractivity contribution is 7.22. The fourth-order valence-corrected chi connectivity index (χ4v) is 4.91. The van der Waals surface area contributed by atoms with Gasteiger partial charge in [0.2, 0.25) is 18.3 Å². The van der Waals surface area contributed by atoms with Gasteiger partial charge < -0.3 is 5.32 Å². The van der Waals surface area contributed by atoms with Crippen molar-refractivity contribution in [2.75, 3.05) is 18.4 Å². The fraction of sp³-hybridized carbons (Fsp3) is 0.391. The molecule has 2 atom stereocenters. The van der Waals surface area contributed by atoms with Gasteiger partial charge in [-0.25, -0.2) is 13.8 Å². The number of alkyl halides is 2. The van der Waals surface area contributed by atoms with Gasteiger partial charge in [0.15, 0.2) is 10.6 Å². The number of nitrogens with one attached hydrogen (secondary N) is 1. The molecule has 5 rings (SSSR count). The molecule has 2 N–H and O–H groups in total. The van der Waals surface area contributed by atoms with E-state index in [2.05, 4.69) is 10.3 Å². The third-order valence-electron chi connectivity index (χ3n) is 6.01. The van der Waals surface area contributed by atoms with Crippen molar-refractivity contribution in [1.82, 2.24) is 9.88 Å². The van der Waals surface area contributed by atoms with Crippen molar-refractivity contribution in [3.63, 3.8) is 0 Å². The number of anilines is 1. The summed E-state index contributed by atoms with van der Waals surface area (Å²) in [5, 5.41) is 13.9. The van der Waals surface area contributed by atoms with Gasteiger partial charge in [-0.15, -0.1) is 0 Å². The minimum Gasteiger partial charge on any atom is -0.301 e.